The second-order valence-corrected chi connectivity index (χ2v) is 6.64. The van der Waals surface area contributed by atoms with Gasteiger partial charge in [0.2, 0.25) is 0 Å². The van der Waals surface area contributed by atoms with Crippen LogP contribution >= 0.6 is 11.3 Å². The number of hydrogen-bond acceptors (Lipinski definition) is 5. The molecule has 0 aromatic carbocycles. The van der Waals surface area contributed by atoms with Gasteiger partial charge in [-0.3, -0.25) is 4.79 Å². The monoisotopic (exact) mass is 337 g/mol. The van der Waals surface area contributed by atoms with Crippen LogP contribution in [0.2, 0.25) is 0 Å². The van der Waals surface area contributed by atoms with E-state index in [0.29, 0.717) is 17.1 Å². The van der Waals surface area contributed by atoms with E-state index in [-0.39, 0.29) is 12.5 Å². The number of carbonyl (C=O) groups excluding carboxylic acids is 2. The lowest BCUT2D eigenvalue weighted by molar-refractivity contribution is -0.886. The molecular formula is C16H21N2O4S+. The number of likely N-dealkylation sites (N-methyl/N-ethyl adjacent to an activating group) is 1. The van der Waals surface area contributed by atoms with Crippen molar-refractivity contribution in [2.24, 2.45) is 0 Å². The summed E-state index contributed by atoms with van der Waals surface area (Å²) in [7, 11) is 3.25. The lowest BCUT2D eigenvalue weighted by Crippen LogP contribution is -3.08. The zero-order valence-electron chi connectivity index (χ0n) is 13.7. The van der Waals surface area contributed by atoms with E-state index in [9.17, 15) is 9.59 Å². The molecule has 0 fully saturated rings. The van der Waals surface area contributed by atoms with Crippen molar-refractivity contribution < 1.29 is 23.6 Å². The van der Waals surface area contributed by atoms with Crippen LogP contribution < -0.4 is 10.2 Å². The SMILES string of the molecule is COC(=O)c1c(NC(=O)C[NH+](C)Cc2ccco2)sc(C)c1C. The van der Waals surface area contributed by atoms with Gasteiger partial charge in [-0.2, -0.15) is 0 Å². The molecule has 2 rings (SSSR count). The van der Waals surface area contributed by atoms with Gasteiger partial charge in [0.15, 0.2) is 12.3 Å². The first-order valence-corrected chi connectivity index (χ1v) is 8.05. The third-order valence-corrected chi connectivity index (χ3v) is 4.67. The van der Waals surface area contributed by atoms with Gasteiger partial charge in [0.25, 0.3) is 5.91 Å². The van der Waals surface area contributed by atoms with Crippen molar-refractivity contribution in [2.75, 3.05) is 26.0 Å². The van der Waals surface area contributed by atoms with Crippen LogP contribution in [0.15, 0.2) is 22.8 Å². The molecule has 6 nitrogen and oxygen atoms in total. The Morgan fingerprint density at radius 1 is 1.39 bits per heavy atom. The molecule has 0 radical (unpaired) electrons. The van der Waals surface area contributed by atoms with Crippen molar-refractivity contribution in [3.05, 3.63) is 40.2 Å². The maximum Gasteiger partial charge on any atom is 0.341 e. The highest BCUT2D eigenvalue weighted by Gasteiger charge is 2.22. The van der Waals surface area contributed by atoms with Gasteiger partial charge in [-0.25, -0.2) is 4.79 Å². The Balaban J connectivity index is 2.02. The molecular weight excluding hydrogens is 316 g/mol. The van der Waals surface area contributed by atoms with Gasteiger partial charge >= 0.3 is 5.97 Å². The zero-order chi connectivity index (χ0) is 17.0. The number of carbonyl (C=O) groups is 2. The molecule has 2 N–H and O–H groups in total. The zero-order valence-corrected chi connectivity index (χ0v) is 14.5. The molecule has 0 bridgehead atoms. The van der Waals surface area contributed by atoms with E-state index in [1.54, 1.807) is 6.26 Å². The summed E-state index contributed by atoms with van der Waals surface area (Å²) in [6.07, 6.45) is 1.61. The third-order valence-electron chi connectivity index (χ3n) is 3.55. The van der Waals surface area contributed by atoms with Crippen molar-refractivity contribution in [1.82, 2.24) is 0 Å². The topological polar surface area (TPSA) is 73.0 Å². The molecule has 0 aliphatic heterocycles. The molecule has 0 aliphatic rings. The van der Waals surface area contributed by atoms with E-state index in [0.717, 1.165) is 21.1 Å². The van der Waals surface area contributed by atoms with Gasteiger partial charge in [-0.05, 0) is 31.5 Å². The number of amides is 1. The minimum atomic E-state index is -0.432. The number of anilines is 1. The fourth-order valence-corrected chi connectivity index (χ4v) is 3.35. The van der Waals surface area contributed by atoms with Crippen molar-refractivity contribution in [2.45, 2.75) is 20.4 Å². The van der Waals surface area contributed by atoms with Crippen molar-refractivity contribution in [3.8, 4) is 0 Å². The Labute approximate surface area is 139 Å². The van der Waals surface area contributed by atoms with Crippen LogP contribution in [0.25, 0.3) is 0 Å². The summed E-state index contributed by atoms with van der Waals surface area (Å²) in [4.78, 5) is 26.1. The quantitative estimate of drug-likeness (QED) is 0.782. The van der Waals surface area contributed by atoms with Gasteiger partial charge in [0.05, 0.1) is 26.0 Å². The standard InChI is InChI=1S/C16H20N2O4S/c1-10-11(2)23-15(14(10)16(20)21-4)17-13(19)9-18(3)8-12-6-5-7-22-12/h5-7H,8-9H2,1-4H3,(H,17,19)/p+1. The summed E-state index contributed by atoms with van der Waals surface area (Å²) in [6, 6.07) is 3.70. The van der Waals surface area contributed by atoms with E-state index < -0.39 is 5.97 Å². The van der Waals surface area contributed by atoms with Gasteiger partial charge in [-0.1, -0.05) is 0 Å². The Morgan fingerprint density at radius 2 is 2.13 bits per heavy atom. The lowest BCUT2D eigenvalue weighted by Gasteiger charge is -2.12. The average Bonchev–Trinajstić information content (AvgIpc) is 3.07. The average molecular weight is 337 g/mol. The normalized spacial score (nSPS) is 12.0. The molecule has 0 saturated carbocycles. The van der Waals surface area contributed by atoms with Gasteiger partial charge in [0.1, 0.15) is 11.5 Å². The summed E-state index contributed by atoms with van der Waals surface area (Å²) < 4.78 is 10.1. The Kier molecular flexibility index (Phi) is 5.57. The Hall–Kier alpha value is -2.12. The maximum atomic E-state index is 12.2. The van der Waals surface area contributed by atoms with Gasteiger partial charge in [-0.15, -0.1) is 11.3 Å². The van der Waals surface area contributed by atoms with Crippen LogP contribution in [0, 0.1) is 13.8 Å². The maximum absolute atomic E-state index is 12.2. The summed E-state index contributed by atoms with van der Waals surface area (Å²) in [5.74, 6) is 0.243. The van der Waals surface area contributed by atoms with Crippen LogP contribution in [0.4, 0.5) is 5.00 Å². The molecule has 1 unspecified atom stereocenters. The lowest BCUT2D eigenvalue weighted by atomic mass is 10.1. The third kappa shape index (κ3) is 4.20. The molecule has 0 aliphatic carbocycles. The van der Waals surface area contributed by atoms with Crippen molar-refractivity contribution in [3.63, 3.8) is 0 Å². The van der Waals surface area contributed by atoms with Crippen LogP contribution in [0.5, 0.6) is 0 Å². The van der Waals surface area contributed by atoms with Crippen LogP contribution in [-0.4, -0.2) is 32.6 Å². The molecule has 2 aromatic rings. The number of thiophene rings is 1. The van der Waals surface area contributed by atoms with Gasteiger partial charge in [0, 0.05) is 4.88 Å². The molecule has 23 heavy (non-hydrogen) atoms. The smallest absolute Gasteiger partial charge is 0.341 e. The van der Waals surface area contributed by atoms with E-state index in [1.165, 1.54) is 18.4 Å². The predicted molar refractivity (Wildman–Crippen MR) is 87.9 cm³/mol. The highest BCUT2D eigenvalue weighted by Crippen LogP contribution is 2.32. The Bertz CT molecular complexity index is 691. The van der Waals surface area contributed by atoms with Crippen LogP contribution in [0.3, 0.4) is 0 Å². The number of methoxy groups -OCH3 is 1. The number of rotatable bonds is 6. The minimum absolute atomic E-state index is 0.152. The molecule has 1 amide bonds. The fourth-order valence-electron chi connectivity index (χ4n) is 2.28. The number of hydrogen-bond donors (Lipinski definition) is 2. The van der Waals surface area contributed by atoms with E-state index >= 15 is 0 Å². The van der Waals surface area contributed by atoms with E-state index in [1.807, 2.05) is 33.0 Å². The molecule has 2 aromatic heterocycles. The molecule has 124 valence electrons. The first-order chi connectivity index (χ1) is 10.9. The summed E-state index contributed by atoms with van der Waals surface area (Å²) in [5.41, 5.74) is 1.28. The molecule has 0 saturated heterocycles. The molecule has 2 heterocycles. The second kappa shape index (κ2) is 7.43. The number of furan rings is 1. The number of quaternary nitrogens is 1. The molecule has 7 heteroatoms. The summed E-state index contributed by atoms with van der Waals surface area (Å²) in [5, 5.41) is 3.37. The minimum Gasteiger partial charge on any atom is -0.465 e. The van der Waals surface area contributed by atoms with E-state index in [4.69, 9.17) is 9.15 Å². The highest BCUT2D eigenvalue weighted by atomic mass is 32.1. The Morgan fingerprint density at radius 3 is 2.74 bits per heavy atom. The molecule has 0 spiro atoms. The number of esters is 1. The first-order valence-electron chi connectivity index (χ1n) is 7.24. The van der Waals surface area contributed by atoms with Crippen molar-refractivity contribution in [1.29, 1.82) is 0 Å². The van der Waals surface area contributed by atoms with E-state index in [2.05, 4.69) is 5.32 Å². The summed E-state index contributed by atoms with van der Waals surface area (Å²) >= 11 is 1.38. The van der Waals surface area contributed by atoms with Gasteiger partial charge < -0.3 is 19.4 Å². The highest BCUT2D eigenvalue weighted by molar-refractivity contribution is 7.16. The number of aryl methyl sites for hydroxylation is 1. The fraction of sp³-hybridized carbons (Fsp3) is 0.375. The van der Waals surface area contributed by atoms with Crippen molar-refractivity contribution >= 4 is 28.2 Å². The largest absolute Gasteiger partial charge is 0.465 e. The van der Waals surface area contributed by atoms with Crippen LogP contribution in [-0.2, 0) is 16.1 Å². The number of nitrogens with one attached hydrogen (secondary N) is 2. The number of ether oxygens (including phenoxy) is 1. The predicted octanol–water partition coefficient (Wildman–Crippen LogP) is 1.40. The molecule has 1 atom stereocenters. The second-order valence-electron chi connectivity index (χ2n) is 5.42. The summed E-state index contributed by atoms with van der Waals surface area (Å²) in [6.45, 7) is 4.66. The van der Waals surface area contributed by atoms with Crippen LogP contribution in [0.1, 0.15) is 26.6 Å². The first kappa shape index (κ1) is 17.2.